The molecular formula is C9H18ClNO2. The molecule has 0 aliphatic carbocycles. The largest absolute Gasteiger partial charge is 0.481 e. The summed E-state index contributed by atoms with van der Waals surface area (Å²) < 4.78 is 0. The molecule has 1 atom stereocenters. The van der Waals surface area contributed by atoms with E-state index >= 15 is 0 Å². The Hall–Kier alpha value is -0.280. The van der Waals surface area contributed by atoms with E-state index < -0.39 is 5.97 Å². The van der Waals surface area contributed by atoms with Crippen molar-refractivity contribution in [3.8, 4) is 0 Å². The van der Waals surface area contributed by atoms with Gasteiger partial charge in [-0.05, 0) is 32.9 Å². The normalized spacial score (nSPS) is 23.6. The second kappa shape index (κ2) is 6.22. The van der Waals surface area contributed by atoms with Crippen LogP contribution < -0.4 is 0 Å². The molecule has 1 fully saturated rings. The lowest BCUT2D eigenvalue weighted by Crippen LogP contribution is -2.36. The maximum Gasteiger partial charge on any atom is 0.303 e. The van der Waals surface area contributed by atoms with E-state index in [4.69, 9.17) is 5.11 Å². The predicted molar refractivity (Wildman–Crippen MR) is 54.4 cm³/mol. The van der Waals surface area contributed by atoms with Gasteiger partial charge in [0.25, 0.3) is 0 Å². The van der Waals surface area contributed by atoms with Gasteiger partial charge in [-0.3, -0.25) is 4.79 Å². The van der Waals surface area contributed by atoms with Crippen LogP contribution in [0.2, 0.25) is 0 Å². The fourth-order valence-electron chi connectivity index (χ4n) is 1.80. The molecule has 13 heavy (non-hydrogen) atoms. The minimum atomic E-state index is -0.672. The number of likely N-dealkylation sites (tertiary alicyclic amines) is 1. The topological polar surface area (TPSA) is 40.5 Å². The molecular weight excluding hydrogens is 190 g/mol. The average molecular weight is 208 g/mol. The fraction of sp³-hybridized carbons (Fsp3) is 0.889. The lowest BCUT2D eigenvalue weighted by molar-refractivity contribution is -0.137. The Morgan fingerprint density at radius 2 is 2.23 bits per heavy atom. The molecule has 0 amide bonds. The monoisotopic (exact) mass is 207 g/mol. The van der Waals surface area contributed by atoms with Crippen LogP contribution in [0.4, 0.5) is 0 Å². The maximum absolute atomic E-state index is 10.3. The van der Waals surface area contributed by atoms with Gasteiger partial charge >= 0.3 is 5.97 Å². The lowest BCUT2D eigenvalue weighted by Gasteiger charge is -2.32. The lowest BCUT2D eigenvalue weighted by atomic mass is 9.99. The molecule has 0 aromatic rings. The van der Waals surface area contributed by atoms with Crippen LogP contribution in [0.15, 0.2) is 0 Å². The molecule has 1 N–H and O–H groups in total. The van der Waals surface area contributed by atoms with Crippen LogP contribution in [-0.2, 0) is 4.79 Å². The SMILES string of the molecule is CN1CCCCC1CCC(=O)O.Cl. The molecule has 0 saturated carbocycles. The summed E-state index contributed by atoms with van der Waals surface area (Å²) in [7, 11) is 2.09. The molecule has 0 aromatic heterocycles. The van der Waals surface area contributed by atoms with Crippen molar-refractivity contribution >= 4 is 18.4 Å². The summed E-state index contributed by atoms with van der Waals surface area (Å²) in [5.74, 6) is -0.672. The molecule has 1 unspecified atom stereocenters. The highest BCUT2D eigenvalue weighted by Gasteiger charge is 2.18. The Morgan fingerprint density at radius 3 is 2.77 bits per heavy atom. The summed E-state index contributed by atoms with van der Waals surface area (Å²) in [5, 5.41) is 8.51. The van der Waals surface area contributed by atoms with Crippen LogP contribution >= 0.6 is 12.4 Å². The van der Waals surface area contributed by atoms with Crippen LogP contribution in [0.1, 0.15) is 32.1 Å². The van der Waals surface area contributed by atoms with Gasteiger partial charge in [0, 0.05) is 12.5 Å². The molecule has 4 heteroatoms. The number of carboxylic acid groups (broad SMARTS) is 1. The summed E-state index contributed by atoms with van der Waals surface area (Å²) >= 11 is 0. The van der Waals surface area contributed by atoms with E-state index in [0.717, 1.165) is 13.0 Å². The highest BCUT2D eigenvalue weighted by molar-refractivity contribution is 5.85. The van der Waals surface area contributed by atoms with Crippen molar-refractivity contribution in [1.29, 1.82) is 0 Å². The third kappa shape index (κ3) is 4.48. The molecule has 0 aromatic carbocycles. The van der Waals surface area contributed by atoms with Gasteiger partial charge in [-0.2, -0.15) is 0 Å². The highest BCUT2D eigenvalue weighted by Crippen LogP contribution is 2.18. The molecule has 1 heterocycles. The van der Waals surface area contributed by atoms with Crippen molar-refractivity contribution in [2.75, 3.05) is 13.6 Å². The van der Waals surface area contributed by atoms with Gasteiger partial charge in [0.05, 0.1) is 0 Å². The van der Waals surface area contributed by atoms with E-state index in [-0.39, 0.29) is 12.4 Å². The standard InChI is InChI=1S/C9H17NO2.ClH/c1-10-7-3-2-4-8(10)5-6-9(11)12;/h8H,2-7H2,1H3,(H,11,12);1H. The number of hydrogen-bond acceptors (Lipinski definition) is 2. The van der Waals surface area contributed by atoms with Crippen molar-refractivity contribution in [3.63, 3.8) is 0 Å². The minimum absolute atomic E-state index is 0. The first kappa shape index (κ1) is 12.7. The quantitative estimate of drug-likeness (QED) is 0.767. The second-order valence-electron chi connectivity index (χ2n) is 3.56. The third-order valence-electron chi connectivity index (χ3n) is 2.61. The van der Waals surface area contributed by atoms with E-state index in [1.165, 1.54) is 19.3 Å². The van der Waals surface area contributed by atoms with Crippen molar-refractivity contribution in [2.24, 2.45) is 0 Å². The number of nitrogens with zero attached hydrogens (tertiary/aromatic N) is 1. The molecule has 1 saturated heterocycles. The van der Waals surface area contributed by atoms with Crippen molar-refractivity contribution in [2.45, 2.75) is 38.1 Å². The minimum Gasteiger partial charge on any atom is -0.481 e. The highest BCUT2D eigenvalue weighted by atomic mass is 35.5. The summed E-state index contributed by atoms with van der Waals surface area (Å²) in [6, 6.07) is 0.509. The van der Waals surface area contributed by atoms with Crippen molar-refractivity contribution in [1.82, 2.24) is 4.90 Å². The predicted octanol–water partition coefficient (Wildman–Crippen LogP) is 1.76. The zero-order valence-corrected chi connectivity index (χ0v) is 8.85. The molecule has 3 nitrogen and oxygen atoms in total. The Morgan fingerprint density at radius 1 is 1.54 bits per heavy atom. The molecule has 1 rings (SSSR count). The van der Waals surface area contributed by atoms with Crippen molar-refractivity contribution < 1.29 is 9.90 Å². The van der Waals surface area contributed by atoms with Crippen LogP contribution in [0.3, 0.4) is 0 Å². The maximum atomic E-state index is 10.3. The first-order chi connectivity index (χ1) is 5.70. The summed E-state index contributed by atoms with van der Waals surface area (Å²) in [4.78, 5) is 12.6. The summed E-state index contributed by atoms with van der Waals surface area (Å²) in [6.45, 7) is 1.13. The van der Waals surface area contributed by atoms with Crippen molar-refractivity contribution in [3.05, 3.63) is 0 Å². The van der Waals surface area contributed by atoms with E-state index in [2.05, 4.69) is 11.9 Å². The van der Waals surface area contributed by atoms with Gasteiger partial charge in [0.2, 0.25) is 0 Å². The number of carbonyl (C=O) groups is 1. The van der Waals surface area contributed by atoms with E-state index in [1.54, 1.807) is 0 Å². The first-order valence-corrected chi connectivity index (χ1v) is 4.62. The van der Waals surface area contributed by atoms with Gasteiger partial charge in [-0.15, -0.1) is 12.4 Å². The van der Waals surface area contributed by atoms with Gasteiger partial charge < -0.3 is 10.0 Å². The van der Waals surface area contributed by atoms with Gasteiger partial charge in [0.1, 0.15) is 0 Å². The Balaban J connectivity index is 0.00000144. The molecule has 0 bridgehead atoms. The number of hydrogen-bond donors (Lipinski definition) is 1. The van der Waals surface area contributed by atoms with Gasteiger partial charge in [0.15, 0.2) is 0 Å². The number of rotatable bonds is 3. The average Bonchev–Trinajstić information content (AvgIpc) is 2.03. The second-order valence-corrected chi connectivity index (χ2v) is 3.56. The zero-order chi connectivity index (χ0) is 8.97. The number of piperidine rings is 1. The first-order valence-electron chi connectivity index (χ1n) is 4.62. The van der Waals surface area contributed by atoms with Gasteiger partial charge in [-0.25, -0.2) is 0 Å². The molecule has 1 aliphatic heterocycles. The summed E-state index contributed by atoms with van der Waals surface area (Å²) in [5.41, 5.74) is 0. The third-order valence-corrected chi connectivity index (χ3v) is 2.61. The van der Waals surface area contributed by atoms with Gasteiger partial charge in [-0.1, -0.05) is 6.42 Å². The zero-order valence-electron chi connectivity index (χ0n) is 8.03. The van der Waals surface area contributed by atoms with Crippen LogP contribution in [-0.4, -0.2) is 35.6 Å². The van der Waals surface area contributed by atoms with E-state index in [9.17, 15) is 4.79 Å². The van der Waals surface area contributed by atoms with E-state index in [1.807, 2.05) is 0 Å². The molecule has 1 aliphatic rings. The van der Waals surface area contributed by atoms with Crippen LogP contribution in [0.5, 0.6) is 0 Å². The van der Waals surface area contributed by atoms with Crippen LogP contribution in [0.25, 0.3) is 0 Å². The fourth-order valence-corrected chi connectivity index (χ4v) is 1.80. The molecule has 0 radical (unpaired) electrons. The summed E-state index contributed by atoms with van der Waals surface area (Å²) in [6.07, 6.45) is 4.82. The Labute approximate surface area is 85.5 Å². The number of carboxylic acids is 1. The van der Waals surface area contributed by atoms with E-state index in [0.29, 0.717) is 12.5 Å². The van der Waals surface area contributed by atoms with Crippen LogP contribution in [0, 0.1) is 0 Å². The smallest absolute Gasteiger partial charge is 0.303 e. The number of halogens is 1. The Kier molecular flexibility index (Phi) is 6.08. The molecule has 78 valence electrons. The number of aliphatic carboxylic acids is 1. The molecule has 0 spiro atoms. The Bertz CT molecular complexity index is 164.